The Balaban J connectivity index is 1.79. The van der Waals surface area contributed by atoms with Crippen molar-refractivity contribution in [2.24, 2.45) is 0 Å². The van der Waals surface area contributed by atoms with Crippen LogP contribution in [0.3, 0.4) is 0 Å². The van der Waals surface area contributed by atoms with Gasteiger partial charge < -0.3 is 25.4 Å². The number of ether oxygens (including phenoxy) is 2. The molecule has 0 spiro atoms. The Bertz CT molecular complexity index is 1090. The molecule has 0 aromatic carbocycles. The summed E-state index contributed by atoms with van der Waals surface area (Å²) in [6.45, 7) is 6.91. The fourth-order valence-electron chi connectivity index (χ4n) is 2.93. The lowest BCUT2D eigenvalue weighted by molar-refractivity contribution is 0.114. The molecule has 0 saturated carbocycles. The molecule has 172 valence electrons. The summed E-state index contributed by atoms with van der Waals surface area (Å²) in [5.74, 6) is 0.257. The normalized spacial score (nSPS) is 12.2. The van der Waals surface area contributed by atoms with E-state index in [2.05, 4.69) is 31.0 Å². The van der Waals surface area contributed by atoms with E-state index in [0.29, 0.717) is 46.9 Å². The predicted octanol–water partition coefficient (Wildman–Crippen LogP) is 4.16. The first kappa shape index (κ1) is 24.0. The van der Waals surface area contributed by atoms with Crippen LogP contribution in [0.5, 0.6) is 5.88 Å². The molecular formula is C20H25Cl2N7O3. The summed E-state index contributed by atoms with van der Waals surface area (Å²) in [7, 11) is 1.56. The van der Waals surface area contributed by atoms with Crippen molar-refractivity contribution in [3.8, 4) is 5.88 Å². The highest BCUT2D eigenvalue weighted by molar-refractivity contribution is 6.31. The lowest BCUT2D eigenvalue weighted by Crippen LogP contribution is -2.28. The summed E-state index contributed by atoms with van der Waals surface area (Å²) in [5, 5.41) is 13.6. The van der Waals surface area contributed by atoms with Crippen molar-refractivity contribution in [2.45, 2.75) is 32.9 Å². The zero-order chi connectivity index (χ0) is 23.3. The molecule has 0 fully saturated rings. The number of hydrogen-bond acceptors (Lipinski definition) is 7. The first-order valence-corrected chi connectivity index (χ1v) is 10.7. The van der Waals surface area contributed by atoms with E-state index < -0.39 is 12.1 Å². The van der Waals surface area contributed by atoms with Crippen molar-refractivity contribution in [2.75, 3.05) is 30.9 Å². The van der Waals surface area contributed by atoms with Crippen LogP contribution in [-0.4, -0.2) is 51.9 Å². The molecule has 1 atom stereocenters. The standard InChI is InChI=1S/C20H25Cl2N7O3/c1-11(2)23-5-6-32-19-14(7-13(21)9-25-19)26-20(30)27-15-10-24-17-8-16(22)28-29(17)18(15)12(3)31-4/h7-12,23H,5-6H2,1-4H3,(H2,26,27,30)/t12-/m0/s1. The topological polar surface area (TPSA) is 115 Å². The van der Waals surface area contributed by atoms with E-state index in [1.165, 1.54) is 16.9 Å². The molecule has 2 amide bonds. The van der Waals surface area contributed by atoms with Crippen molar-refractivity contribution in [3.63, 3.8) is 0 Å². The number of amides is 2. The van der Waals surface area contributed by atoms with Gasteiger partial charge in [0.1, 0.15) is 12.3 Å². The number of hydrogen-bond donors (Lipinski definition) is 3. The monoisotopic (exact) mass is 481 g/mol. The Morgan fingerprint density at radius 2 is 1.88 bits per heavy atom. The first-order valence-electron chi connectivity index (χ1n) is 9.95. The zero-order valence-corrected chi connectivity index (χ0v) is 19.7. The van der Waals surface area contributed by atoms with Gasteiger partial charge in [0.25, 0.3) is 0 Å². The SMILES string of the molecule is CO[C@@H](C)c1c(NC(=O)Nc2cc(Cl)cnc2OCCNC(C)C)cnc2cc(Cl)nn12. The van der Waals surface area contributed by atoms with Crippen LogP contribution >= 0.6 is 23.2 Å². The van der Waals surface area contributed by atoms with Crippen LogP contribution in [0.2, 0.25) is 10.2 Å². The van der Waals surface area contributed by atoms with Crippen LogP contribution in [-0.2, 0) is 4.74 Å². The number of pyridine rings is 1. The lowest BCUT2D eigenvalue weighted by atomic mass is 10.2. The van der Waals surface area contributed by atoms with Gasteiger partial charge in [-0.15, -0.1) is 0 Å². The van der Waals surface area contributed by atoms with E-state index >= 15 is 0 Å². The summed E-state index contributed by atoms with van der Waals surface area (Å²) >= 11 is 12.1. The van der Waals surface area contributed by atoms with Crippen molar-refractivity contribution < 1.29 is 14.3 Å². The minimum atomic E-state index is -0.539. The molecular weight excluding hydrogens is 457 g/mol. The van der Waals surface area contributed by atoms with E-state index in [9.17, 15) is 4.79 Å². The van der Waals surface area contributed by atoms with Gasteiger partial charge in [-0.2, -0.15) is 5.10 Å². The molecule has 3 rings (SSSR count). The zero-order valence-electron chi connectivity index (χ0n) is 18.1. The van der Waals surface area contributed by atoms with Crippen LogP contribution in [0.25, 0.3) is 5.65 Å². The van der Waals surface area contributed by atoms with E-state index in [0.717, 1.165) is 0 Å². The summed E-state index contributed by atoms with van der Waals surface area (Å²) in [6, 6.07) is 2.97. The molecule has 3 heterocycles. The van der Waals surface area contributed by atoms with Crippen LogP contribution < -0.4 is 20.7 Å². The molecule has 0 aliphatic carbocycles. The second-order valence-corrected chi connectivity index (χ2v) is 8.04. The third-order valence-corrected chi connectivity index (χ3v) is 4.83. The molecule has 12 heteroatoms. The number of aromatic nitrogens is 4. The smallest absolute Gasteiger partial charge is 0.323 e. The van der Waals surface area contributed by atoms with Gasteiger partial charge in [0.2, 0.25) is 5.88 Å². The third-order valence-electron chi connectivity index (χ3n) is 4.44. The Hall–Kier alpha value is -2.66. The molecule has 3 aromatic rings. The lowest BCUT2D eigenvalue weighted by Gasteiger charge is -2.17. The number of fused-ring (bicyclic) bond motifs is 1. The summed E-state index contributed by atoms with van der Waals surface area (Å²) in [4.78, 5) is 21.2. The molecule has 0 aliphatic rings. The molecule has 3 N–H and O–H groups in total. The van der Waals surface area contributed by atoms with Gasteiger partial charge in [-0.05, 0) is 13.0 Å². The molecule has 0 unspecified atom stereocenters. The fourth-order valence-corrected chi connectivity index (χ4v) is 3.26. The van der Waals surface area contributed by atoms with E-state index in [-0.39, 0.29) is 11.0 Å². The Kier molecular flexibility index (Phi) is 8.08. The van der Waals surface area contributed by atoms with Gasteiger partial charge in [0.15, 0.2) is 10.8 Å². The van der Waals surface area contributed by atoms with Gasteiger partial charge >= 0.3 is 6.03 Å². The molecule has 0 bridgehead atoms. The van der Waals surface area contributed by atoms with E-state index in [1.807, 2.05) is 20.8 Å². The van der Waals surface area contributed by atoms with Crippen molar-refractivity contribution in [1.82, 2.24) is 24.9 Å². The highest BCUT2D eigenvalue weighted by Gasteiger charge is 2.20. The molecule has 3 aromatic heterocycles. The van der Waals surface area contributed by atoms with Gasteiger partial charge in [-0.3, -0.25) is 0 Å². The first-order chi connectivity index (χ1) is 15.3. The maximum Gasteiger partial charge on any atom is 0.323 e. The summed E-state index contributed by atoms with van der Waals surface area (Å²) < 4.78 is 12.7. The average Bonchev–Trinajstić information content (AvgIpc) is 3.11. The number of halogens is 2. The number of methoxy groups -OCH3 is 1. The Morgan fingerprint density at radius 1 is 1.12 bits per heavy atom. The van der Waals surface area contributed by atoms with Gasteiger partial charge in [-0.25, -0.2) is 19.3 Å². The van der Waals surface area contributed by atoms with Crippen molar-refractivity contribution >= 4 is 46.3 Å². The summed E-state index contributed by atoms with van der Waals surface area (Å²) in [6.07, 6.45) is 2.57. The average molecular weight is 482 g/mol. The number of urea groups is 1. The van der Waals surface area contributed by atoms with Crippen LogP contribution in [0.1, 0.15) is 32.6 Å². The highest BCUT2D eigenvalue weighted by atomic mass is 35.5. The number of carbonyl (C=O) groups excluding carboxylic acids is 1. The van der Waals surface area contributed by atoms with Crippen LogP contribution in [0.15, 0.2) is 24.5 Å². The predicted molar refractivity (Wildman–Crippen MR) is 124 cm³/mol. The Morgan fingerprint density at radius 3 is 2.59 bits per heavy atom. The molecule has 0 aliphatic heterocycles. The Labute approximate surface area is 195 Å². The molecule has 10 nitrogen and oxygen atoms in total. The van der Waals surface area contributed by atoms with Gasteiger partial charge in [0, 0.05) is 32.0 Å². The van der Waals surface area contributed by atoms with E-state index in [1.54, 1.807) is 19.2 Å². The largest absolute Gasteiger partial charge is 0.475 e. The highest BCUT2D eigenvalue weighted by Crippen LogP contribution is 2.28. The van der Waals surface area contributed by atoms with Crippen molar-refractivity contribution in [1.29, 1.82) is 0 Å². The minimum Gasteiger partial charge on any atom is -0.475 e. The maximum absolute atomic E-state index is 12.8. The maximum atomic E-state index is 12.8. The number of nitrogens with one attached hydrogen (secondary N) is 3. The molecule has 0 saturated heterocycles. The number of carbonyl (C=O) groups is 1. The van der Waals surface area contributed by atoms with Crippen LogP contribution in [0, 0.1) is 0 Å². The number of rotatable bonds is 9. The van der Waals surface area contributed by atoms with Crippen LogP contribution in [0.4, 0.5) is 16.2 Å². The number of nitrogens with zero attached hydrogens (tertiary/aromatic N) is 4. The van der Waals surface area contributed by atoms with Gasteiger partial charge in [-0.1, -0.05) is 37.0 Å². The number of anilines is 2. The minimum absolute atomic E-state index is 0.257. The second kappa shape index (κ2) is 10.8. The quantitative estimate of drug-likeness (QED) is 0.393. The molecule has 32 heavy (non-hydrogen) atoms. The third kappa shape index (κ3) is 5.98. The fraction of sp³-hybridized carbons (Fsp3) is 0.400. The van der Waals surface area contributed by atoms with Crippen molar-refractivity contribution in [3.05, 3.63) is 40.4 Å². The second-order valence-electron chi connectivity index (χ2n) is 7.21. The molecule has 0 radical (unpaired) electrons. The summed E-state index contributed by atoms with van der Waals surface area (Å²) in [5.41, 5.74) is 1.85. The van der Waals surface area contributed by atoms with E-state index in [4.69, 9.17) is 32.7 Å². The van der Waals surface area contributed by atoms with Gasteiger partial charge in [0.05, 0.1) is 28.7 Å².